The molecule has 0 fully saturated rings. The second-order valence-corrected chi connectivity index (χ2v) is 4.13. The number of H-pyrrole nitrogens is 1. The van der Waals surface area contributed by atoms with E-state index in [-0.39, 0.29) is 5.91 Å². The lowest BCUT2D eigenvalue weighted by Gasteiger charge is -2.12. The maximum Gasteiger partial charge on any atom is 0.246 e. The molecule has 2 aromatic rings. The minimum absolute atomic E-state index is 0.103. The number of carbonyl (C=O) groups excluding carboxylic acids is 1. The lowest BCUT2D eigenvalue weighted by atomic mass is 10.2. The third-order valence-electron chi connectivity index (χ3n) is 2.58. The SMILES string of the molecule is CN(Cc1ncn[nH]1)C(=O)/C=C/c1ccc(N)cc1. The molecule has 98 valence electrons. The van der Waals surface area contributed by atoms with E-state index in [1.165, 1.54) is 12.4 Å². The molecule has 1 amide bonds. The van der Waals surface area contributed by atoms with E-state index < -0.39 is 0 Å². The van der Waals surface area contributed by atoms with Crippen LogP contribution in [0.4, 0.5) is 5.69 Å². The van der Waals surface area contributed by atoms with E-state index in [0.717, 1.165) is 5.56 Å². The molecular formula is C13H15N5O. The Labute approximate surface area is 111 Å². The van der Waals surface area contributed by atoms with E-state index in [4.69, 9.17) is 5.73 Å². The van der Waals surface area contributed by atoms with Crippen molar-refractivity contribution in [1.82, 2.24) is 20.1 Å². The Balaban J connectivity index is 1.94. The number of benzene rings is 1. The van der Waals surface area contributed by atoms with Crippen LogP contribution in [0.15, 0.2) is 36.7 Å². The molecule has 0 unspecified atom stereocenters. The van der Waals surface area contributed by atoms with Crippen LogP contribution < -0.4 is 5.73 Å². The van der Waals surface area contributed by atoms with Crippen molar-refractivity contribution in [3.63, 3.8) is 0 Å². The van der Waals surface area contributed by atoms with Gasteiger partial charge in [-0.15, -0.1) is 0 Å². The number of nitrogens with one attached hydrogen (secondary N) is 1. The van der Waals surface area contributed by atoms with Crippen molar-refractivity contribution in [2.45, 2.75) is 6.54 Å². The van der Waals surface area contributed by atoms with Gasteiger partial charge in [-0.2, -0.15) is 5.10 Å². The number of anilines is 1. The van der Waals surface area contributed by atoms with Gasteiger partial charge < -0.3 is 10.6 Å². The lowest BCUT2D eigenvalue weighted by Crippen LogP contribution is -2.24. The van der Waals surface area contributed by atoms with Gasteiger partial charge in [-0.1, -0.05) is 12.1 Å². The molecule has 0 aliphatic heterocycles. The fourth-order valence-electron chi connectivity index (χ4n) is 1.51. The predicted octanol–water partition coefficient (Wildman–Crippen LogP) is 1.06. The summed E-state index contributed by atoms with van der Waals surface area (Å²) in [5.41, 5.74) is 7.22. The monoisotopic (exact) mass is 257 g/mol. The number of amides is 1. The third kappa shape index (κ3) is 3.67. The van der Waals surface area contributed by atoms with Gasteiger partial charge >= 0.3 is 0 Å². The second kappa shape index (κ2) is 5.81. The summed E-state index contributed by atoms with van der Waals surface area (Å²) in [6, 6.07) is 7.30. The standard InChI is InChI=1S/C13H15N5O/c1-18(8-12-15-9-16-17-12)13(19)7-4-10-2-5-11(14)6-3-10/h2-7,9H,8,14H2,1H3,(H,15,16,17)/b7-4+. The summed E-state index contributed by atoms with van der Waals surface area (Å²) in [5, 5.41) is 6.44. The van der Waals surface area contributed by atoms with Crippen molar-refractivity contribution in [3.05, 3.63) is 48.1 Å². The molecule has 0 aliphatic carbocycles. The van der Waals surface area contributed by atoms with Gasteiger partial charge in [-0.25, -0.2) is 4.98 Å². The predicted molar refractivity (Wildman–Crippen MR) is 72.7 cm³/mol. The van der Waals surface area contributed by atoms with Gasteiger partial charge in [-0.05, 0) is 23.8 Å². The molecule has 19 heavy (non-hydrogen) atoms. The van der Waals surface area contributed by atoms with Crippen LogP contribution in [0.5, 0.6) is 0 Å². The Morgan fingerprint density at radius 3 is 2.79 bits per heavy atom. The highest BCUT2D eigenvalue weighted by Crippen LogP contribution is 2.07. The number of nitrogens with two attached hydrogens (primary N) is 1. The van der Waals surface area contributed by atoms with Gasteiger partial charge in [0.05, 0.1) is 6.54 Å². The summed E-state index contributed by atoms with van der Waals surface area (Å²) < 4.78 is 0. The van der Waals surface area contributed by atoms with Gasteiger partial charge in [0.2, 0.25) is 5.91 Å². The van der Waals surface area contributed by atoms with Crippen LogP contribution >= 0.6 is 0 Å². The van der Waals surface area contributed by atoms with Crippen molar-refractivity contribution in [1.29, 1.82) is 0 Å². The van der Waals surface area contributed by atoms with Crippen LogP contribution in [0.3, 0.4) is 0 Å². The molecule has 0 bridgehead atoms. The molecule has 1 aromatic heterocycles. The van der Waals surface area contributed by atoms with Gasteiger partial charge in [0, 0.05) is 18.8 Å². The fourth-order valence-corrected chi connectivity index (χ4v) is 1.51. The first-order valence-electron chi connectivity index (χ1n) is 5.78. The Kier molecular flexibility index (Phi) is 3.92. The largest absolute Gasteiger partial charge is 0.399 e. The summed E-state index contributed by atoms with van der Waals surface area (Å²) in [6.45, 7) is 0.394. The van der Waals surface area contributed by atoms with Crippen LogP contribution in [0, 0.1) is 0 Å². The molecule has 6 heteroatoms. The van der Waals surface area contributed by atoms with Gasteiger partial charge in [-0.3, -0.25) is 9.89 Å². The van der Waals surface area contributed by atoms with Gasteiger partial charge in [0.15, 0.2) is 0 Å². The van der Waals surface area contributed by atoms with Crippen molar-refractivity contribution < 1.29 is 4.79 Å². The molecule has 0 saturated heterocycles. The van der Waals surface area contributed by atoms with Crippen LogP contribution in [0.25, 0.3) is 6.08 Å². The number of rotatable bonds is 4. The van der Waals surface area contributed by atoms with E-state index in [1.54, 1.807) is 30.2 Å². The summed E-state index contributed by atoms with van der Waals surface area (Å²) in [6.07, 6.45) is 4.68. The van der Waals surface area contributed by atoms with E-state index >= 15 is 0 Å². The fraction of sp³-hybridized carbons (Fsp3) is 0.154. The highest BCUT2D eigenvalue weighted by Gasteiger charge is 2.07. The number of likely N-dealkylation sites (N-methyl/N-ethyl adjacent to an activating group) is 1. The molecule has 0 saturated carbocycles. The second-order valence-electron chi connectivity index (χ2n) is 4.13. The van der Waals surface area contributed by atoms with Crippen LogP contribution in [-0.2, 0) is 11.3 Å². The molecule has 1 aromatic carbocycles. The smallest absolute Gasteiger partial charge is 0.246 e. The van der Waals surface area contributed by atoms with Crippen molar-refractivity contribution >= 4 is 17.7 Å². The molecule has 0 spiro atoms. The minimum Gasteiger partial charge on any atom is -0.399 e. The molecule has 0 radical (unpaired) electrons. The first kappa shape index (κ1) is 12.8. The lowest BCUT2D eigenvalue weighted by molar-refractivity contribution is -0.125. The number of nitrogens with zero attached hydrogens (tertiary/aromatic N) is 3. The zero-order valence-corrected chi connectivity index (χ0v) is 10.6. The topological polar surface area (TPSA) is 87.9 Å². The maximum atomic E-state index is 11.9. The summed E-state index contributed by atoms with van der Waals surface area (Å²) in [4.78, 5) is 17.4. The first-order chi connectivity index (χ1) is 9.15. The van der Waals surface area contributed by atoms with E-state index in [1.807, 2.05) is 12.1 Å². The molecule has 1 heterocycles. The van der Waals surface area contributed by atoms with Gasteiger partial charge in [0.25, 0.3) is 0 Å². The third-order valence-corrected chi connectivity index (χ3v) is 2.58. The van der Waals surface area contributed by atoms with Crippen LogP contribution in [-0.4, -0.2) is 33.0 Å². The van der Waals surface area contributed by atoms with E-state index in [0.29, 0.717) is 18.1 Å². The average Bonchev–Trinajstić information content (AvgIpc) is 2.90. The van der Waals surface area contributed by atoms with Crippen molar-refractivity contribution in [2.24, 2.45) is 0 Å². The number of aromatic nitrogens is 3. The van der Waals surface area contributed by atoms with Crippen molar-refractivity contribution in [3.8, 4) is 0 Å². The molecule has 2 rings (SSSR count). The highest BCUT2D eigenvalue weighted by molar-refractivity contribution is 5.91. The number of hydrogen-bond acceptors (Lipinski definition) is 4. The quantitative estimate of drug-likeness (QED) is 0.633. The first-order valence-corrected chi connectivity index (χ1v) is 5.78. The highest BCUT2D eigenvalue weighted by atomic mass is 16.2. The number of hydrogen-bond donors (Lipinski definition) is 2. The number of aromatic amines is 1. The Hall–Kier alpha value is -2.63. The number of carbonyl (C=O) groups is 1. The van der Waals surface area contributed by atoms with Crippen molar-refractivity contribution in [2.75, 3.05) is 12.8 Å². The average molecular weight is 257 g/mol. The van der Waals surface area contributed by atoms with Crippen LogP contribution in [0.2, 0.25) is 0 Å². The molecule has 0 aliphatic rings. The summed E-state index contributed by atoms with van der Waals surface area (Å²) >= 11 is 0. The molecular weight excluding hydrogens is 242 g/mol. The molecule has 0 atom stereocenters. The summed E-state index contributed by atoms with van der Waals surface area (Å²) in [5.74, 6) is 0.546. The summed E-state index contributed by atoms with van der Waals surface area (Å²) in [7, 11) is 1.71. The van der Waals surface area contributed by atoms with E-state index in [9.17, 15) is 4.79 Å². The zero-order chi connectivity index (χ0) is 13.7. The maximum absolute atomic E-state index is 11.9. The Morgan fingerprint density at radius 2 is 2.16 bits per heavy atom. The zero-order valence-electron chi connectivity index (χ0n) is 10.6. The van der Waals surface area contributed by atoms with E-state index in [2.05, 4.69) is 15.2 Å². The number of nitrogen functional groups attached to an aromatic ring is 1. The molecule has 6 nitrogen and oxygen atoms in total. The molecule has 3 N–H and O–H groups in total. The Bertz CT molecular complexity index is 559. The normalized spacial score (nSPS) is 10.8. The van der Waals surface area contributed by atoms with Gasteiger partial charge in [0.1, 0.15) is 12.2 Å². The van der Waals surface area contributed by atoms with Crippen LogP contribution in [0.1, 0.15) is 11.4 Å². The Morgan fingerprint density at radius 1 is 1.42 bits per heavy atom. The minimum atomic E-state index is -0.103.